The summed E-state index contributed by atoms with van der Waals surface area (Å²) < 4.78 is 32.2. The molecule has 114 valence electrons. The predicted octanol–water partition coefficient (Wildman–Crippen LogP) is 2.48. The number of benzene rings is 1. The Balaban J connectivity index is 2.57. The molecule has 0 radical (unpaired) electrons. The summed E-state index contributed by atoms with van der Waals surface area (Å²) in [6.07, 6.45) is 0.678. The first-order valence-corrected chi connectivity index (χ1v) is 8.13. The van der Waals surface area contributed by atoms with Crippen LogP contribution < -0.4 is 10.0 Å². The topological polar surface area (TPSA) is 89.4 Å². The number of hydrogen-bond donors (Lipinski definition) is 1. The van der Waals surface area contributed by atoms with E-state index >= 15 is 0 Å². The summed E-state index contributed by atoms with van der Waals surface area (Å²) in [5, 5.41) is 3.73. The van der Waals surface area contributed by atoms with Crippen molar-refractivity contribution in [2.75, 3.05) is 16.6 Å². The molecule has 0 saturated carbocycles. The van der Waals surface area contributed by atoms with E-state index in [1.165, 1.54) is 4.31 Å². The minimum absolute atomic E-state index is 0.123. The van der Waals surface area contributed by atoms with Crippen molar-refractivity contribution < 1.29 is 12.9 Å². The summed E-state index contributed by atoms with van der Waals surface area (Å²) in [4.78, 5) is 0.123. The van der Waals surface area contributed by atoms with Crippen LogP contribution in [0.2, 0.25) is 0 Å². The zero-order chi connectivity index (χ0) is 15.6. The minimum Gasteiger partial charge on any atom is -0.399 e. The molecule has 1 heterocycles. The summed E-state index contributed by atoms with van der Waals surface area (Å²) >= 11 is 0. The highest BCUT2D eigenvalue weighted by atomic mass is 32.2. The molecule has 2 rings (SSSR count). The van der Waals surface area contributed by atoms with Crippen molar-refractivity contribution in [1.82, 2.24) is 5.16 Å². The minimum atomic E-state index is -3.73. The quantitative estimate of drug-likeness (QED) is 0.857. The van der Waals surface area contributed by atoms with E-state index in [0.717, 1.165) is 0 Å². The number of nitrogens with zero attached hydrogens (tertiary/aromatic N) is 2. The SMILES string of the molecule is CCCN(c1cccc(N)c1)S(=O)(=O)c1c(C)noc1C. The van der Waals surface area contributed by atoms with Crippen LogP contribution in [0.1, 0.15) is 24.8 Å². The van der Waals surface area contributed by atoms with Crippen LogP contribution in [-0.4, -0.2) is 20.1 Å². The average Bonchev–Trinajstić information content (AvgIpc) is 2.75. The van der Waals surface area contributed by atoms with Crippen molar-refractivity contribution in [1.29, 1.82) is 0 Å². The Morgan fingerprint density at radius 3 is 2.57 bits per heavy atom. The highest BCUT2D eigenvalue weighted by molar-refractivity contribution is 7.93. The van der Waals surface area contributed by atoms with E-state index in [1.54, 1.807) is 38.1 Å². The van der Waals surface area contributed by atoms with E-state index in [0.29, 0.717) is 30.0 Å². The van der Waals surface area contributed by atoms with Gasteiger partial charge in [-0.05, 0) is 38.5 Å². The van der Waals surface area contributed by atoms with Crippen molar-refractivity contribution in [2.24, 2.45) is 0 Å². The van der Waals surface area contributed by atoms with Gasteiger partial charge in [0.2, 0.25) is 0 Å². The molecule has 0 fully saturated rings. The Hall–Kier alpha value is -2.02. The molecule has 7 heteroatoms. The van der Waals surface area contributed by atoms with Gasteiger partial charge in [0.1, 0.15) is 5.69 Å². The second-order valence-electron chi connectivity index (χ2n) is 4.83. The molecule has 2 aromatic rings. The van der Waals surface area contributed by atoms with E-state index in [1.807, 2.05) is 6.92 Å². The maximum atomic E-state index is 12.9. The monoisotopic (exact) mass is 309 g/mol. The van der Waals surface area contributed by atoms with Crippen LogP contribution in [0.5, 0.6) is 0 Å². The van der Waals surface area contributed by atoms with Crippen LogP contribution in [0.25, 0.3) is 0 Å². The number of hydrogen-bond acceptors (Lipinski definition) is 5. The summed E-state index contributed by atoms with van der Waals surface area (Å²) in [6, 6.07) is 6.82. The van der Waals surface area contributed by atoms with Crippen molar-refractivity contribution in [3.63, 3.8) is 0 Å². The standard InChI is InChI=1S/C14H19N3O3S/c1-4-8-17(13-7-5-6-12(15)9-13)21(18,19)14-10(2)16-20-11(14)3/h5-7,9H,4,8,15H2,1-3H3. The number of sulfonamides is 1. The highest BCUT2D eigenvalue weighted by Gasteiger charge is 2.30. The fourth-order valence-corrected chi connectivity index (χ4v) is 4.07. The van der Waals surface area contributed by atoms with Crippen LogP contribution in [0.15, 0.2) is 33.7 Å². The van der Waals surface area contributed by atoms with Gasteiger partial charge in [0.15, 0.2) is 10.7 Å². The third-order valence-corrected chi connectivity index (χ3v) is 5.17. The van der Waals surface area contributed by atoms with Gasteiger partial charge in [-0.1, -0.05) is 18.1 Å². The second-order valence-corrected chi connectivity index (χ2v) is 6.62. The van der Waals surface area contributed by atoms with Crippen molar-refractivity contribution >= 4 is 21.4 Å². The molecule has 6 nitrogen and oxygen atoms in total. The number of aryl methyl sites for hydroxylation is 2. The van der Waals surface area contributed by atoms with Gasteiger partial charge in [0, 0.05) is 12.2 Å². The maximum Gasteiger partial charge on any atom is 0.269 e. The number of nitrogen functional groups attached to an aromatic ring is 1. The highest BCUT2D eigenvalue weighted by Crippen LogP contribution is 2.29. The first kappa shape index (κ1) is 15.4. The third kappa shape index (κ3) is 2.87. The molecule has 0 amide bonds. The molecule has 0 aliphatic rings. The number of anilines is 2. The molecule has 0 unspecified atom stereocenters. The lowest BCUT2D eigenvalue weighted by Crippen LogP contribution is -2.32. The van der Waals surface area contributed by atoms with Gasteiger partial charge in [-0.2, -0.15) is 0 Å². The molecule has 0 atom stereocenters. The largest absolute Gasteiger partial charge is 0.399 e. The van der Waals surface area contributed by atoms with Crippen LogP contribution in [0.4, 0.5) is 11.4 Å². The molecule has 1 aromatic heterocycles. The van der Waals surface area contributed by atoms with E-state index in [4.69, 9.17) is 10.3 Å². The van der Waals surface area contributed by atoms with E-state index < -0.39 is 10.0 Å². The van der Waals surface area contributed by atoms with Gasteiger partial charge in [0.25, 0.3) is 10.0 Å². The van der Waals surface area contributed by atoms with Gasteiger partial charge in [-0.3, -0.25) is 4.31 Å². The normalized spacial score (nSPS) is 11.6. The molecule has 2 N–H and O–H groups in total. The lowest BCUT2D eigenvalue weighted by atomic mass is 10.3. The summed E-state index contributed by atoms with van der Waals surface area (Å²) in [5.41, 5.74) is 7.18. The van der Waals surface area contributed by atoms with Gasteiger partial charge in [-0.25, -0.2) is 8.42 Å². The fraction of sp³-hybridized carbons (Fsp3) is 0.357. The van der Waals surface area contributed by atoms with Gasteiger partial charge in [-0.15, -0.1) is 0 Å². The zero-order valence-electron chi connectivity index (χ0n) is 12.3. The Bertz CT molecular complexity index is 718. The molecule has 1 aromatic carbocycles. The Kier molecular flexibility index (Phi) is 4.22. The molecular weight excluding hydrogens is 290 g/mol. The smallest absolute Gasteiger partial charge is 0.269 e. The van der Waals surface area contributed by atoms with Crippen LogP contribution in [-0.2, 0) is 10.0 Å². The number of aromatic nitrogens is 1. The van der Waals surface area contributed by atoms with Gasteiger partial charge in [0.05, 0.1) is 5.69 Å². The van der Waals surface area contributed by atoms with Crippen molar-refractivity contribution in [3.05, 3.63) is 35.7 Å². The average molecular weight is 309 g/mol. The Labute approximate surface area is 124 Å². The first-order chi connectivity index (χ1) is 9.87. The summed E-state index contributed by atoms with van der Waals surface area (Å²) in [6.45, 7) is 5.49. The molecule has 0 aliphatic heterocycles. The van der Waals surface area contributed by atoms with E-state index in [9.17, 15) is 8.42 Å². The van der Waals surface area contributed by atoms with E-state index in [-0.39, 0.29) is 10.7 Å². The second kappa shape index (κ2) is 5.77. The molecule has 0 bridgehead atoms. The molecular formula is C14H19N3O3S. The molecule has 0 spiro atoms. The van der Waals surface area contributed by atoms with E-state index in [2.05, 4.69) is 5.16 Å². The first-order valence-electron chi connectivity index (χ1n) is 6.69. The van der Waals surface area contributed by atoms with Gasteiger partial charge >= 0.3 is 0 Å². The Morgan fingerprint density at radius 2 is 2.05 bits per heavy atom. The summed E-state index contributed by atoms with van der Waals surface area (Å²) in [5.74, 6) is 0.289. The molecule has 0 saturated heterocycles. The van der Waals surface area contributed by atoms with Crippen LogP contribution >= 0.6 is 0 Å². The van der Waals surface area contributed by atoms with Crippen LogP contribution in [0, 0.1) is 13.8 Å². The van der Waals surface area contributed by atoms with Gasteiger partial charge < -0.3 is 10.3 Å². The third-order valence-electron chi connectivity index (χ3n) is 3.10. The lowest BCUT2D eigenvalue weighted by Gasteiger charge is -2.24. The Morgan fingerprint density at radius 1 is 1.33 bits per heavy atom. The predicted molar refractivity (Wildman–Crippen MR) is 81.7 cm³/mol. The summed E-state index contributed by atoms with van der Waals surface area (Å²) in [7, 11) is -3.73. The fourth-order valence-electron chi connectivity index (χ4n) is 2.22. The maximum absolute atomic E-state index is 12.9. The van der Waals surface area contributed by atoms with Crippen LogP contribution in [0.3, 0.4) is 0 Å². The molecule has 0 aliphatic carbocycles. The number of rotatable bonds is 5. The van der Waals surface area contributed by atoms with Crippen molar-refractivity contribution in [2.45, 2.75) is 32.1 Å². The van der Waals surface area contributed by atoms with Crippen molar-refractivity contribution in [3.8, 4) is 0 Å². The molecule has 21 heavy (non-hydrogen) atoms. The zero-order valence-corrected chi connectivity index (χ0v) is 13.1. The number of nitrogens with two attached hydrogens (primary N) is 1. The lowest BCUT2D eigenvalue weighted by molar-refractivity contribution is 0.390.